The zero-order chi connectivity index (χ0) is 18.1. The number of amides is 1. The molecular weight excluding hydrogens is 318 g/mol. The zero-order valence-electron chi connectivity index (χ0n) is 15.7. The van der Waals surface area contributed by atoms with Gasteiger partial charge >= 0.3 is 0 Å². The molecule has 1 aliphatic rings. The van der Waals surface area contributed by atoms with Crippen LogP contribution >= 0.6 is 0 Å². The Balaban J connectivity index is 1.94. The van der Waals surface area contributed by atoms with E-state index in [-0.39, 0.29) is 5.91 Å². The van der Waals surface area contributed by atoms with Crippen molar-refractivity contribution in [3.63, 3.8) is 0 Å². The Bertz CT molecular complexity index is 527. The number of hydrogen-bond donors (Lipinski definition) is 1. The molecule has 1 aromatic carbocycles. The van der Waals surface area contributed by atoms with Crippen LogP contribution in [0.25, 0.3) is 0 Å². The van der Waals surface area contributed by atoms with Gasteiger partial charge in [-0.05, 0) is 63.3 Å². The Labute approximate surface area is 151 Å². The molecule has 25 heavy (non-hydrogen) atoms. The number of carbonyl (C=O) groups is 1. The van der Waals surface area contributed by atoms with Gasteiger partial charge in [-0.25, -0.2) is 0 Å². The molecule has 2 rings (SSSR count). The van der Waals surface area contributed by atoms with Gasteiger partial charge in [-0.1, -0.05) is 13.3 Å². The van der Waals surface area contributed by atoms with Gasteiger partial charge in [0.15, 0.2) is 0 Å². The normalized spacial score (nSPS) is 23.2. The van der Waals surface area contributed by atoms with E-state index >= 15 is 0 Å². The molecular formula is C20H31NO4. The van der Waals surface area contributed by atoms with Crippen LogP contribution < -0.4 is 10.1 Å². The standard InChI is InChI=1S/C20H31NO4/c1-4-23-13-14-24-18-10-8-17(9-11-18)21-19(22)20(25-5-2)12-6-7-16(3)15-20/h8-11,16H,4-7,12-15H2,1-3H3,(H,21,22)/t16-,20+/m0/s1. The first kappa shape index (κ1) is 19.7. The van der Waals surface area contributed by atoms with Gasteiger partial charge in [-0.15, -0.1) is 0 Å². The van der Waals surface area contributed by atoms with Gasteiger partial charge in [0, 0.05) is 18.9 Å². The minimum atomic E-state index is -0.695. The Morgan fingerprint density at radius 2 is 1.96 bits per heavy atom. The predicted octanol–water partition coefficient (Wildman–Crippen LogP) is 4.03. The molecule has 0 bridgehead atoms. The Morgan fingerprint density at radius 3 is 2.60 bits per heavy atom. The molecule has 5 heteroatoms. The summed E-state index contributed by atoms with van der Waals surface area (Å²) in [6.07, 6.45) is 3.76. The molecule has 1 aliphatic carbocycles. The smallest absolute Gasteiger partial charge is 0.256 e. The summed E-state index contributed by atoms with van der Waals surface area (Å²) in [7, 11) is 0. The summed E-state index contributed by atoms with van der Waals surface area (Å²) in [5.74, 6) is 1.24. The van der Waals surface area contributed by atoms with Crippen molar-refractivity contribution in [3.8, 4) is 5.75 Å². The molecule has 1 aromatic rings. The highest BCUT2D eigenvalue weighted by molar-refractivity contribution is 5.97. The van der Waals surface area contributed by atoms with Gasteiger partial charge in [0.2, 0.25) is 0 Å². The van der Waals surface area contributed by atoms with Gasteiger partial charge in [-0.3, -0.25) is 4.79 Å². The first-order valence-electron chi connectivity index (χ1n) is 9.35. The molecule has 0 unspecified atom stereocenters. The third-order valence-corrected chi connectivity index (χ3v) is 4.60. The van der Waals surface area contributed by atoms with Crippen molar-refractivity contribution >= 4 is 11.6 Å². The van der Waals surface area contributed by atoms with Gasteiger partial charge in [-0.2, -0.15) is 0 Å². The largest absolute Gasteiger partial charge is 0.491 e. The maximum Gasteiger partial charge on any atom is 0.256 e. The summed E-state index contributed by atoms with van der Waals surface area (Å²) in [6.45, 7) is 8.42. The van der Waals surface area contributed by atoms with Gasteiger partial charge in [0.05, 0.1) is 6.61 Å². The van der Waals surface area contributed by atoms with Crippen LogP contribution in [0.2, 0.25) is 0 Å². The van der Waals surface area contributed by atoms with Crippen LogP contribution in [0.3, 0.4) is 0 Å². The molecule has 0 spiro atoms. The van der Waals surface area contributed by atoms with Crippen LogP contribution in [-0.2, 0) is 14.3 Å². The lowest BCUT2D eigenvalue weighted by atomic mass is 9.78. The molecule has 2 atom stereocenters. The van der Waals surface area contributed by atoms with Crippen LogP contribution in [0.4, 0.5) is 5.69 Å². The van der Waals surface area contributed by atoms with Crippen molar-refractivity contribution in [3.05, 3.63) is 24.3 Å². The molecule has 0 saturated heterocycles. The number of nitrogens with one attached hydrogen (secondary N) is 1. The highest BCUT2D eigenvalue weighted by Crippen LogP contribution is 2.36. The summed E-state index contributed by atoms with van der Waals surface area (Å²) in [5.41, 5.74) is 0.0680. The van der Waals surface area contributed by atoms with Gasteiger partial charge < -0.3 is 19.5 Å². The minimum Gasteiger partial charge on any atom is -0.491 e. The van der Waals surface area contributed by atoms with E-state index in [2.05, 4.69) is 12.2 Å². The SMILES string of the molecule is CCOCCOc1ccc(NC(=O)[C@@]2(OCC)CCC[C@H](C)C2)cc1. The van der Waals surface area contributed by atoms with Gasteiger partial charge in [0.25, 0.3) is 5.91 Å². The van der Waals surface area contributed by atoms with Crippen molar-refractivity contribution in [2.75, 3.05) is 31.7 Å². The number of anilines is 1. The lowest BCUT2D eigenvalue weighted by molar-refractivity contribution is -0.147. The fourth-order valence-corrected chi connectivity index (χ4v) is 3.42. The van der Waals surface area contributed by atoms with Crippen molar-refractivity contribution in [1.82, 2.24) is 0 Å². The second kappa shape index (κ2) is 9.78. The summed E-state index contributed by atoms with van der Waals surface area (Å²) in [5, 5.41) is 3.02. The van der Waals surface area contributed by atoms with E-state index in [4.69, 9.17) is 14.2 Å². The fraction of sp³-hybridized carbons (Fsp3) is 0.650. The number of benzene rings is 1. The molecule has 0 radical (unpaired) electrons. The highest BCUT2D eigenvalue weighted by Gasteiger charge is 2.42. The number of ether oxygens (including phenoxy) is 3. The monoisotopic (exact) mass is 349 g/mol. The molecule has 1 N–H and O–H groups in total. The molecule has 1 saturated carbocycles. The Morgan fingerprint density at radius 1 is 1.20 bits per heavy atom. The van der Waals surface area contributed by atoms with Crippen LogP contribution in [-0.4, -0.2) is 37.9 Å². The number of rotatable bonds is 9. The quantitative estimate of drug-likeness (QED) is 0.684. The van der Waals surface area contributed by atoms with E-state index in [0.717, 1.165) is 37.1 Å². The molecule has 5 nitrogen and oxygen atoms in total. The Kier molecular flexibility index (Phi) is 7.72. The van der Waals surface area contributed by atoms with Crippen molar-refractivity contribution in [1.29, 1.82) is 0 Å². The maximum absolute atomic E-state index is 12.9. The third-order valence-electron chi connectivity index (χ3n) is 4.60. The van der Waals surface area contributed by atoms with Crippen LogP contribution in [0.5, 0.6) is 5.75 Å². The van der Waals surface area contributed by atoms with Crippen LogP contribution in [0.1, 0.15) is 46.5 Å². The second-order valence-electron chi connectivity index (χ2n) is 6.65. The first-order chi connectivity index (χ1) is 12.1. The van der Waals surface area contributed by atoms with Crippen molar-refractivity contribution in [2.45, 2.75) is 52.1 Å². The topological polar surface area (TPSA) is 56.8 Å². The van der Waals surface area contributed by atoms with Crippen molar-refractivity contribution < 1.29 is 19.0 Å². The minimum absolute atomic E-state index is 0.0362. The van der Waals surface area contributed by atoms with Gasteiger partial charge in [0.1, 0.15) is 18.0 Å². The second-order valence-corrected chi connectivity index (χ2v) is 6.65. The van der Waals surface area contributed by atoms with E-state index in [1.807, 2.05) is 38.1 Å². The van der Waals surface area contributed by atoms with E-state index in [0.29, 0.717) is 32.3 Å². The maximum atomic E-state index is 12.9. The Hall–Kier alpha value is -1.59. The van der Waals surface area contributed by atoms with E-state index < -0.39 is 5.60 Å². The van der Waals surface area contributed by atoms with Crippen LogP contribution in [0.15, 0.2) is 24.3 Å². The lowest BCUT2D eigenvalue weighted by Gasteiger charge is -2.38. The van der Waals surface area contributed by atoms with E-state index in [1.165, 1.54) is 0 Å². The van der Waals surface area contributed by atoms with E-state index in [9.17, 15) is 4.79 Å². The molecule has 140 valence electrons. The van der Waals surface area contributed by atoms with E-state index in [1.54, 1.807) is 0 Å². The summed E-state index contributed by atoms with van der Waals surface area (Å²) in [6, 6.07) is 7.44. The predicted molar refractivity (Wildman–Crippen MR) is 99.0 cm³/mol. The highest BCUT2D eigenvalue weighted by atomic mass is 16.5. The average Bonchev–Trinajstić information content (AvgIpc) is 2.60. The number of carbonyl (C=O) groups excluding carboxylic acids is 1. The first-order valence-corrected chi connectivity index (χ1v) is 9.35. The summed E-state index contributed by atoms with van der Waals surface area (Å²) >= 11 is 0. The molecule has 0 heterocycles. The zero-order valence-corrected chi connectivity index (χ0v) is 15.7. The molecule has 1 fully saturated rings. The summed E-state index contributed by atoms with van der Waals surface area (Å²) in [4.78, 5) is 12.9. The average molecular weight is 349 g/mol. The molecule has 1 amide bonds. The van der Waals surface area contributed by atoms with Crippen molar-refractivity contribution in [2.24, 2.45) is 5.92 Å². The van der Waals surface area contributed by atoms with Crippen LogP contribution in [0, 0.1) is 5.92 Å². The fourth-order valence-electron chi connectivity index (χ4n) is 3.42. The third kappa shape index (κ3) is 5.72. The molecule has 0 aromatic heterocycles. The molecule has 0 aliphatic heterocycles. The number of hydrogen-bond acceptors (Lipinski definition) is 4. The summed E-state index contributed by atoms with van der Waals surface area (Å²) < 4.78 is 16.8. The lowest BCUT2D eigenvalue weighted by Crippen LogP contribution is -2.48.